The molecule has 0 aromatic carbocycles. The SMILES string of the molecule is CC1CC(C)CC(NCc2nnc3n2CCCC3)C1. The molecule has 0 bridgehead atoms. The summed E-state index contributed by atoms with van der Waals surface area (Å²) in [5.74, 6) is 4.04. The molecule has 19 heavy (non-hydrogen) atoms. The maximum atomic E-state index is 4.37. The lowest BCUT2D eigenvalue weighted by atomic mass is 9.80. The van der Waals surface area contributed by atoms with Crippen molar-refractivity contribution in [3.05, 3.63) is 11.6 Å². The smallest absolute Gasteiger partial charge is 0.147 e. The van der Waals surface area contributed by atoms with Gasteiger partial charge in [0.05, 0.1) is 6.54 Å². The molecule has 1 N–H and O–H groups in total. The van der Waals surface area contributed by atoms with Crippen LogP contribution in [0.5, 0.6) is 0 Å². The van der Waals surface area contributed by atoms with Crippen LogP contribution in [0.25, 0.3) is 0 Å². The fraction of sp³-hybridized carbons (Fsp3) is 0.867. The van der Waals surface area contributed by atoms with Crippen molar-refractivity contribution < 1.29 is 0 Å². The predicted molar refractivity (Wildman–Crippen MR) is 75.8 cm³/mol. The average Bonchev–Trinajstić information content (AvgIpc) is 2.78. The van der Waals surface area contributed by atoms with Crippen molar-refractivity contribution in [1.29, 1.82) is 0 Å². The van der Waals surface area contributed by atoms with Gasteiger partial charge in [0.15, 0.2) is 0 Å². The first-order valence-electron chi connectivity index (χ1n) is 7.86. The lowest BCUT2D eigenvalue weighted by Crippen LogP contribution is -2.36. The highest BCUT2D eigenvalue weighted by molar-refractivity contribution is 4.99. The van der Waals surface area contributed by atoms with Gasteiger partial charge in [-0.25, -0.2) is 0 Å². The minimum Gasteiger partial charge on any atom is -0.314 e. The van der Waals surface area contributed by atoms with Crippen molar-refractivity contribution in [2.45, 2.75) is 71.5 Å². The largest absolute Gasteiger partial charge is 0.314 e. The molecule has 1 fully saturated rings. The van der Waals surface area contributed by atoms with Crippen molar-refractivity contribution in [3.8, 4) is 0 Å². The van der Waals surface area contributed by atoms with E-state index in [-0.39, 0.29) is 0 Å². The van der Waals surface area contributed by atoms with Crippen molar-refractivity contribution >= 4 is 0 Å². The molecule has 2 unspecified atom stereocenters. The summed E-state index contributed by atoms with van der Waals surface area (Å²) in [5, 5.41) is 12.4. The Morgan fingerprint density at radius 2 is 1.89 bits per heavy atom. The van der Waals surface area contributed by atoms with E-state index >= 15 is 0 Å². The second kappa shape index (κ2) is 5.61. The molecule has 2 atom stereocenters. The Bertz CT molecular complexity index is 416. The van der Waals surface area contributed by atoms with Crippen molar-refractivity contribution in [2.75, 3.05) is 0 Å². The van der Waals surface area contributed by atoms with Gasteiger partial charge in [-0.3, -0.25) is 0 Å². The zero-order valence-electron chi connectivity index (χ0n) is 12.2. The molecule has 2 aliphatic rings. The van der Waals surface area contributed by atoms with Crippen LogP contribution in [-0.4, -0.2) is 20.8 Å². The van der Waals surface area contributed by atoms with Crippen LogP contribution in [0, 0.1) is 11.8 Å². The number of rotatable bonds is 3. The van der Waals surface area contributed by atoms with Gasteiger partial charge in [-0.1, -0.05) is 13.8 Å². The second-order valence-electron chi connectivity index (χ2n) is 6.64. The summed E-state index contributed by atoms with van der Waals surface area (Å²) in [6.07, 6.45) is 7.65. The molecular weight excluding hydrogens is 236 g/mol. The van der Waals surface area contributed by atoms with Gasteiger partial charge < -0.3 is 9.88 Å². The predicted octanol–water partition coefficient (Wildman–Crippen LogP) is 2.53. The minimum atomic E-state index is 0.662. The number of aromatic nitrogens is 3. The van der Waals surface area contributed by atoms with E-state index in [1.807, 2.05) is 0 Å². The Morgan fingerprint density at radius 1 is 1.11 bits per heavy atom. The molecule has 4 heteroatoms. The third-order valence-corrected chi connectivity index (χ3v) is 4.66. The summed E-state index contributed by atoms with van der Waals surface area (Å²) >= 11 is 0. The van der Waals surface area contributed by atoms with E-state index in [1.54, 1.807) is 0 Å². The molecule has 106 valence electrons. The molecule has 1 aromatic rings. The van der Waals surface area contributed by atoms with Gasteiger partial charge >= 0.3 is 0 Å². The van der Waals surface area contributed by atoms with Crippen LogP contribution in [0.3, 0.4) is 0 Å². The molecule has 0 saturated heterocycles. The first-order chi connectivity index (χ1) is 9.22. The molecule has 1 aromatic heterocycles. The van der Waals surface area contributed by atoms with Crippen molar-refractivity contribution in [1.82, 2.24) is 20.1 Å². The topological polar surface area (TPSA) is 42.7 Å². The first kappa shape index (κ1) is 13.1. The van der Waals surface area contributed by atoms with Crippen molar-refractivity contribution in [2.24, 2.45) is 11.8 Å². The van der Waals surface area contributed by atoms with Crippen LogP contribution < -0.4 is 5.32 Å². The summed E-state index contributed by atoms with van der Waals surface area (Å²) in [6, 6.07) is 0.662. The lowest BCUT2D eigenvalue weighted by molar-refractivity contribution is 0.236. The number of aryl methyl sites for hydroxylation is 1. The van der Waals surface area contributed by atoms with Gasteiger partial charge in [-0.2, -0.15) is 0 Å². The fourth-order valence-corrected chi connectivity index (χ4v) is 3.85. The van der Waals surface area contributed by atoms with E-state index in [2.05, 4.69) is 33.9 Å². The molecule has 1 saturated carbocycles. The average molecular weight is 262 g/mol. The Morgan fingerprint density at radius 3 is 2.68 bits per heavy atom. The third kappa shape index (κ3) is 2.99. The van der Waals surface area contributed by atoms with E-state index in [0.717, 1.165) is 37.2 Å². The van der Waals surface area contributed by atoms with Crippen LogP contribution in [0.15, 0.2) is 0 Å². The van der Waals surface area contributed by atoms with Crippen molar-refractivity contribution in [3.63, 3.8) is 0 Å². The quantitative estimate of drug-likeness (QED) is 0.910. The maximum absolute atomic E-state index is 4.37. The summed E-state index contributed by atoms with van der Waals surface area (Å²) in [6.45, 7) is 6.75. The molecule has 0 spiro atoms. The Kier molecular flexibility index (Phi) is 3.87. The molecule has 2 heterocycles. The highest BCUT2D eigenvalue weighted by Crippen LogP contribution is 2.28. The second-order valence-corrected chi connectivity index (χ2v) is 6.64. The molecule has 0 radical (unpaired) electrons. The number of hydrogen-bond acceptors (Lipinski definition) is 3. The molecule has 4 nitrogen and oxygen atoms in total. The van der Waals surface area contributed by atoms with E-state index in [9.17, 15) is 0 Å². The fourth-order valence-electron chi connectivity index (χ4n) is 3.85. The number of nitrogens with one attached hydrogen (secondary N) is 1. The Labute approximate surface area is 116 Å². The van der Waals surface area contributed by atoms with Gasteiger partial charge in [0.2, 0.25) is 0 Å². The van der Waals surface area contributed by atoms with E-state index in [1.165, 1.54) is 37.9 Å². The van der Waals surface area contributed by atoms with E-state index in [0.29, 0.717) is 6.04 Å². The van der Waals surface area contributed by atoms with Gasteiger partial charge in [-0.05, 0) is 43.9 Å². The van der Waals surface area contributed by atoms with E-state index in [4.69, 9.17) is 0 Å². The standard InChI is InChI=1S/C15H26N4/c1-11-7-12(2)9-13(8-11)16-10-15-18-17-14-5-3-4-6-19(14)15/h11-13,16H,3-10H2,1-2H3. The van der Waals surface area contributed by atoms with Crippen LogP contribution in [0.1, 0.15) is 57.6 Å². The summed E-state index contributed by atoms with van der Waals surface area (Å²) in [5.41, 5.74) is 0. The normalized spacial score (nSPS) is 31.2. The molecule has 1 aliphatic carbocycles. The lowest BCUT2D eigenvalue weighted by Gasteiger charge is -2.32. The molecule has 3 rings (SSSR count). The first-order valence-corrected chi connectivity index (χ1v) is 7.86. The van der Waals surface area contributed by atoms with Crippen LogP contribution in [0.4, 0.5) is 0 Å². The third-order valence-electron chi connectivity index (χ3n) is 4.66. The summed E-state index contributed by atoms with van der Waals surface area (Å²) in [4.78, 5) is 0. The monoisotopic (exact) mass is 262 g/mol. The number of hydrogen-bond donors (Lipinski definition) is 1. The van der Waals surface area contributed by atoms with Gasteiger partial charge in [0.1, 0.15) is 11.6 Å². The minimum absolute atomic E-state index is 0.662. The van der Waals surface area contributed by atoms with E-state index < -0.39 is 0 Å². The number of fused-ring (bicyclic) bond motifs is 1. The highest BCUT2D eigenvalue weighted by atomic mass is 15.3. The molecule has 1 aliphatic heterocycles. The highest BCUT2D eigenvalue weighted by Gasteiger charge is 2.24. The van der Waals surface area contributed by atoms with Crippen LogP contribution >= 0.6 is 0 Å². The summed E-state index contributed by atoms with van der Waals surface area (Å²) in [7, 11) is 0. The van der Waals surface area contributed by atoms with Gasteiger partial charge in [0.25, 0.3) is 0 Å². The van der Waals surface area contributed by atoms with Crippen LogP contribution in [0.2, 0.25) is 0 Å². The van der Waals surface area contributed by atoms with Crippen LogP contribution in [-0.2, 0) is 19.5 Å². The number of nitrogens with zero attached hydrogens (tertiary/aromatic N) is 3. The maximum Gasteiger partial charge on any atom is 0.147 e. The Hall–Kier alpha value is -0.900. The van der Waals surface area contributed by atoms with Gasteiger partial charge in [-0.15, -0.1) is 10.2 Å². The Balaban J connectivity index is 1.58. The zero-order chi connectivity index (χ0) is 13.2. The zero-order valence-corrected chi connectivity index (χ0v) is 12.2. The van der Waals surface area contributed by atoms with Gasteiger partial charge in [0, 0.05) is 19.0 Å². The molecule has 0 amide bonds. The molecular formula is C15H26N4. The summed E-state index contributed by atoms with van der Waals surface area (Å²) < 4.78 is 2.33.